The Kier molecular flexibility index (Phi) is 3.59. The van der Waals surface area contributed by atoms with Crippen molar-refractivity contribution < 1.29 is 4.79 Å². The van der Waals surface area contributed by atoms with E-state index in [0.717, 1.165) is 17.8 Å². The van der Waals surface area contributed by atoms with Crippen LogP contribution in [-0.2, 0) is 12.8 Å². The minimum atomic E-state index is 0.0293. The standard InChI is InChI=1S/C13H13ClN2O/c1-2-12-15-7-8-16(12)13(17)9-10-3-5-11(14)6-4-10/h3-8H,2,9H2,1H3. The second-order valence-electron chi connectivity index (χ2n) is 3.76. The Hall–Kier alpha value is -1.61. The first kappa shape index (κ1) is 11.9. The Morgan fingerprint density at radius 1 is 1.35 bits per heavy atom. The van der Waals surface area contributed by atoms with Gasteiger partial charge in [-0.3, -0.25) is 9.36 Å². The summed E-state index contributed by atoms with van der Waals surface area (Å²) in [6.07, 6.45) is 4.47. The SMILES string of the molecule is CCc1nccn1C(=O)Cc1ccc(Cl)cc1. The van der Waals surface area contributed by atoms with Crippen molar-refractivity contribution in [2.45, 2.75) is 19.8 Å². The zero-order valence-electron chi connectivity index (χ0n) is 9.56. The summed E-state index contributed by atoms with van der Waals surface area (Å²) in [5.74, 6) is 0.825. The van der Waals surface area contributed by atoms with Crippen molar-refractivity contribution in [2.75, 3.05) is 0 Å². The quantitative estimate of drug-likeness (QED) is 0.837. The molecule has 0 radical (unpaired) electrons. The van der Waals surface area contributed by atoms with Gasteiger partial charge in [-0.25, -0.2) is 4.98 Å². The van der Waals surface area contributed by atoms with Crippen LogP contribution in [0, 0.1) is 0 Å². The molecule has 0 amide bonds. The van der Waals surface area contributed by atoms with Gasteiger partial charge in [0.25, 0.3) is 0 Å². The summed E-state index contributed by atoms with van der Waals surface area (Å²) >= 11 is 5.80. The fraction of sp³-hybridized carbons (Fsp3) is 0.231. The molecule has 1 aromatic carbocycles. The number of benzene rings is 1. The van der Waals surface area contributed by atoms with Crippen molar-refractivity contribution in [1.29, 1.82) is 0 Å². The molecule has 17 heavy (non-hydrogen) atoms. The molecule has 0 saturated heterocycles. The first-order valence-corrected chi connectivity index (χ1v) is 5.88. The number of carbonyl (C=O) groups excluding carboxylic acids is 1. The number of hydrogen-bond acceptors (Lipinski definition) is 2. The zero-order valence-corrected chi connectivity index (χ0v) is 10.3. The molecule has 2 aromatic rings. The Bertz CT molecular complexity index is 516. The fourth-order valence-electron chi connectivity index (χ4n) is 1.69. The largest absolute Gasteiger partial charge is 0.274 e. The number of imidazole rings is 1. The summed E-state index contributed by atoms with van der Waals surface area (Å²) in [5, 5.41) is 0.679. The summed E-state index contributed by atoms with van der Waals surface area (Å²) in [5.41, 5.74) is 0.954. The molecule has 2 rings (SSSR count). The van der Waals surface area contributed by atoms with Crippen LogP contribution in [0.2, 0.25) is 5.02 Å². The van der Waals surface area contributed by atoms with E-state index in [-0.39, 0.29) is 5.91 Å². The highest BCUT2D eigenvalue weighted by Gasteiger charge is 2.09. The molecule has 0 aliphatic rings. The van der Waals surface area contributed by atoms with Gasteiger partial charge in [-0.15, -0.1) is 0 Å². The molecule has 3 nitrogen and oxygen atoms in total. The predicted molar refractivity (Wildman–Crippen MR) is 67.4 cm³/mol. The minimum Gasteiger partial charge on any atom is -0.274 e. The Morgan fingerprint density at radius 2 is 2.06 bits per heavy atom. The van der Waals surface area contributed by atoms with E-state index in [2.05, 4.69) is 4.98 Å². The number of hydrogen-bond donors (Lipinski definition) is 0. The maximum atomic E-state index is 12.0. The lowest BCUT2D eigenvalue weighted by molar-refractivity contribution is 0.0910. The Morgan fingerprint density at radius 3 is 2.71 bits per heavy atom. The van der Waals surface area contributed by atoms with Gasteiger partial charge in [-0.05, 0) is 17.7 Å². The fourth-order valence-corrected chi connectivity index (χ4v) is 1.81. The highest BCUT2D eigenvalue weighted by atomic mass is 35.5. The van der Waals surface area contributed by atoms with Crippen molar-refractivity contribution in [3.63, 3.8) is 0 Å². The third kappa shape index (κ3) is 2.74. The van der Waals surface area contributed by atoms with Crippen LogP contribution in [0.3, 0.4) is 0 Å². The van der Waals surface area contributed by atoms with Gasteiger partial charge in [0, 0.05) is 23.8 Å². The summed E-state index contributed by atoms with van der Waals surface area (Å²) in [7, 11) is 0. The maximum Gasteiger partial charge on any atom is 0.236 e. The van der Waals surface area contributed by atoms with Gasteiger partial charge in [-0.1, -0.05) is 30.7 Å². The average molecular weight is 249 g/mol. The second kappa shape index (κ2) is 5.15. The van der Waals surface area contributed by atoms with Crippen molar-refractivity contribution >= 4 is 17.5 Å². The topological polar surface area (TPSA) is 34.9 Å². The third-order valence-electron chi connectivity index (χ3n) is 2.57. The van der Waals surface area contributed by atoms with E-state index in [1.807, 2.05) is 19.1 Å². The lowest BCUT2D eigenvalue weighted by Gasteiger charge is -2.05. The predicted octanol–water partition coefficient (Wildman–Crippen LogP) is 2.98. The van der Waals surface area contributed by atoms with Gasteiger partial charge in [-0.2, -0.15) is 0 Å². The van der Waals surface area contributed by atoms with E-state index in [1.165, 1.54) is 0 Å². The van der Waals surface area contributed by atoms with E-state index in [4.69, 9.17) is 11.6 Å². The maximum absolute atomic E-state index is 12.0. The summed E-state index contributed by atoms with van der Waals surface area (Å²) in [6.45, 7) is 1.98. The van der Waals surface area contributed by atoms with Gasteiger partial charge >= 0.3 is 0 Å². The van der Waals surface area contributed by atoms with Crippen LogP contribution in [0.4, 0.5) is 0 Å². The van der Waals surface area contributed by atoms with E-state index < -0.39 is 0 Å². The van der Waals surface area contributed by atoms with Crippen LogP contribution < -0.4 is 0 Å². The number of aromatic nitrogens is 2. The molecule has 1 heterocycles. The van der Waals surface area contributed by atoms with Crippen molar-refractivity contribution in [3.8, 4) is 0 Å². The molecular weight excluding hydrogens is 236 g/mol. The van der Waals surface area contributed by atoms with Gasteiger partial charge < -0.3 is 0 Å². The van der Waals surface area contributed by atoms with Crippen LogP contribution in [0.15, 0.2) is 36.7 Å². The molecule has 0 N–H and O–H groups in total. The van der Waals surface area contributed by atoms with E-state index >= 15 is 0 Å². The van der Waals surface area contributed by atoms with Crippen LogP contribution in [0.25, 0.3) is 0 Å². The zero-order chi connectivity index (χ0) is 12.3. The molecule has 0 aliphatic carbocycles. The van der Waals surface area contributed by atoms with E-state index in [0.29, 0.717) is 11.4 Å². The molecule has 88 valence electrons. The first-order chi connectivity index (χ1) is 8.20. The summed E-state index contributed by atoms with van der Waals surface area (Å²) in [6, 6.07) is 7.31. The lowest BCUT2D eigenvalue weighted by Crippen LogP contribution is -2.15. The third-order valence-corrected chi connectivity index (χ3v) is 2.82. The summed E-state index contributed by atoms with van der Waals surface area (Å²) < 4.78 is 1.61. The van der Waals surface area contributed by atoms with Crippen LogP contribution in [-0.4, -0.2) is 15.5 Å². The molecular formula is C13H13ClN2O. The van der Waals surface area contributed by atoms with Gasteiger partial charge in [0.15, 0.2) is 0 Å². The molecule has 0 saturated carbocycles. The van der Waals surface area contributed by atoms with Gasteiger partial charge in [0.2, 0.25) is 5.91 Å². The molecule has 0 fully saturated rings. The van der Waals surface area contributed by atoms with Crippen molar-refractivity contribution in [1.82, 2.24) is 9.55 Å². The molecule has 0 spiro atoms. The number of rotatable bonds is 3. The van der Waals surface area contributed by atoms with E-state index in [9.17, 15) is 4.79 Å². The first-order valence-electron chi connectivity index (χ1n) is 5.50. The van der Waals surface area contributed by atoms with Crippen LogP contribution in [0.1, 0.15) is 23.1 Å². The van der Waals surface area contributed by atoms with Gasteiger partial charge in [0.05, 0.1) is 6.42 Å². The number of aryl methyl sites for hydroxylation is 1. The molecule has 0 aliphatic heterocycles. The number of carbonyl (C=O) groups is 1. The highest BCUT2D eigenvalue weighted by molar-refractivity contribution is 6.30. The lowest BCUT2D eigenvalue weighted by atomic mass is 10.1. The highest BCUT2D eigenvalue weighted by Crippen LogP contribution is 2.11. The molecule has 0 atom stereocenters. The van der Waals surface area contributed by atoms with Crippen molar-refractivity contribution in [3.05, 3.63) is 53.1 Å². The number of halogens is 1. The summed E-state index contributed by atoms with van der Waals surface area (Å²) in [4.78, 5) is 16.2. The van der Waals surface area contributed by atoms with E-state index in [1.54, 1.807) is 29.1 Å². The molecule has 0 unspecified atom stereocenters. The number of nitrogens with zero attached hydrogens (tertiary/aromatic N) is 2. The normalized spacial score (nSPS) is 10.5. The van der Waals surface area contributed by atoms with Crippen molar-refractivity contribution in [2.24, 2.45) is 0 Å². The van der Waals surface area contributed by atoms with Gasteiger partial charge in [0.1, 0.15) is 5.82 Å². The Labute approximate surface area is 105 Å². The van der Waals surface area contributed by atoms with Crippen LogP contribution >= 0.6 is 11.6 Å². The van der Waals surface area contributed by atoms with Crippen LogP contribution in [0.5, 0.6) is 0 Å². The monoisotopic (exact) mass is 248 g/mol. The Balaban J connectivity index is 2.14. The minimum absolute atomic E-state index is 0.0293. The molecule has 0 bridgehead atoms. The molecule has 4 heteroatoms. The second-order valence-corrected chi connectivity index (χ2v) is 4.20. The smallest absolute Gasteiger partial charge is 0.236 e. The molecule has 1 aromatic heterocycles. The average Bonchev–Trinajstić information content (AvgIpc) is 2.80.